The normalized spacial score (nSPS) is 23.0. The van der Waals surface area contributed by atoms with Crippen LogP contribution in [0.15, 0.2) is 190 Å². The lowest BCUT2D eigenvalue weighted by Gasteiger charge is -2.43. The van der Waals surface area contributed by atoms with Crippen molar-refractivity contribution < 1.29 is 8.78 Å². The van der Waals surface area contributed by atoms with Crippen molar-refractivity contribution in [3.63, 3.8) is 0 Å². The Labute approximate surface area is 357 Å². The fourth-order valence-corrected chi connectivity index (χ4v) is 12.7. The Balaban J connectivity index is 1.12. The van der Waals surface area contributed by atoms with Crippen molar-refractivity contribution in [1.82, 2.24) is 0 Å². The van der Waals surface area contributed by atoms with E-state index in [0.717, 1.165) is 63.4 Å². The molecule has 0 spiro atoms. The highest BCUT2D eigenvalue weighted by Crippen LogP contribution is 2.69. The van der Waals surface area contributed by atoms with E-state index in [2.05, 4.69) is 132 Å². The maximum atomic E-state index is 14.5. The number of rotatable bonds is 5. The second-order valence-corrected chi connectivity index (χ2v) is 18.3. The molecular formula is C59H46F2. The van der Waals surface area contributed by atoms with Crippen LogP contribution in [-0.2, 0) is 0 Å². The molecule has 6 aromatic rings. The summed E-state index contributed by atoms with van der Waals surface area (Å²) in [4.78, 5) is 0. The smallest absolute Gasteiger partial charge is 0.123 e. The third kappa shape index (κ3) is 4.69. The SMILES string of the molecule is CCC1=C2C3=CC=C(c4ccc5c6c(cccc46)-c4c-5c(-c5ccc(F)cc5)c5ccccc5c4-c4ccc(F)cc4)C4C=CC=C(C2=C(CC)C2(C)CC=C(C)C=C12)C34C. The largest absolute Gasteiger partial charge is 0.207 e. The zero-order valence-corrected chi connectivity index (χ0v) is 35.3. The Kier molecular flexibility index (Phi) is 7.66. The molecular weight excluding hydrogens is 747 g/mol. The lowest BCUT2D eigenvalue weighted by Crippen LogP contribution is -2.31. The van der Waals surface area contributed by atoms with Crippen molar-refractivity contribution in [2.75, 3.05) is 0 Å². The molecule has 0 saturated heterocycles. The van der Waals surface area contributed by atoms with Crippen LogP contribution in [0.3, 0.4) is 0 Å². The number of fused-ring (bicyclic) bond motifs is 8. The molecule has 0 radical (unpaired) electrons. The molecule has 0 heterocycles. The van der Waals surface area contributed by atoms with Crippen molar-refractivity contribution in [2.45, 2.75) is 53.9 Å². The van der Waals surface area contributed by atoms with E-state index in [-0.39, 0.29) is 28.4 Å². The Morgan fingerprint density at radius 3 is 1.84 bits per heavy atom. The van der Waals surface area contributed by atoms with Gasteiger partial charge in [0.25, 0.3) is 0 Å². The number of benzene rings is 6. The Hall–Kier alpha value is -6.38. The zero-order valence-electron chi connectivity index (χ0n) is 35.3. The molecule has 12 rings (SSSR count). The fraction of sp³-hybridized carbons (Fsp3) is 0.186. The van der Waals surface area contributed by atoms with Gasteiger partial charge in [0.15, 0.2) is 0 Å². The minimum Gasteiger partial charge on any atom is -0.207 e. The number of allylic oxidation sites excluding steroid dienone is 16. The van der Waals surface area contributed by atoms with Gasteiger partial charge in [-0.25, -0.2) is 8.78 Å². The van der Waals surface area contributed by atoms with E-state index in [0.29, 0.717) is 0 Å². The molecule has 6 aliphatic carbocycles. The standard InChI is InChI=1S/C59H46F2/c1-6-38-50-32-33(3)30-31-58(50,4)46(7-2)57-48-17-11-16-47-40(28-29-49(54(38)57)59(47,48)5)39-26-27-45-53-41(39)14-10-15-44(53)55-51(34-18-22-36(60)23-19-34)42-12-8-9-13-43(42)52(56(45)55)35-20-24-37(61)25-21-35/h8-30,32,47H,6-7,31H2,1-5H3. The molecule has 6 aromatic carbocycles. The molecule has 1 saturated carbocycles. The van der Waals surface area contributed by atoms with E-state index in [4.69, 9.17) is 0 Å². The summed E-state index contributed by atoms with van der Waals surface area (Å²) in [5.41, 5.74) is 23.0. The van der Waals surface area contributed by atoms with Crippen LogP contribution in [0.25, 0.3) is 71.6 Å². The van der Waals surface area contributed by atoms with Gasteiger partial charge < -0.3 is 0 Å². The van der Waals surface area contributed by atoms with Gasteiger partial charge in [0.05, 0.1) is 0 Å². The van der Waals surface area contributed by atoms with E-state index in [1.54, 1.807) is 29.8 Å². The Morgan fingerprint density at radius 2 is 1.20 bits per heavy atom. The lowest BCUT2D eigenvalue weighted by molar-refractivity contribution is 0.432. The molecule has 0 aliphatic heterocycles. The van der Waals surface area contributed by atoms with Gasteiger partial charge in [-0.1, -0.05) is 160 Å². The topological polar surface area (TPSA) is 0 Å². The number of hydrogen-bond acceptors (Lipinski definition) is 0. The van der Waals surface area contributed by atoms with Gasteiger partial charge in [-0.3, -0.25) is 0 Å². The van der Waals surface area contributed by atoms with E-state index in [9.17, 15) is 8.78 Å². The predicted molar refractivity (Wildman–Crippen MR) is 251 cm³/mol. The first-order valence-electron chi connectivity index (χ1n) is 22.0. The molecule has 0 aromatic heterocycles. The summed E-state index contributed by atoms with van der Waals surface area (Å²) < 4.78 is 29.1. The third-order valence-corrected chi connectivity index (χ3v) is 15.3. The Morgan fingerprint density at radius 1 is 0.590 bits per heavy atom. The predicted octanol–water partition coefficient (Wildman–Crippen LogP) is 16.4. The van der Waals surface area contributed by atoms with Crippen molar-refractivity contribution in [1.29, 1.82) is 0 Å². The molecule has 3 unspecified atom stereocenters. The van der Waals surface area contributed by atoms with Crippen molar-refractivity contribution in [3.05, 3.63) is 207 Å². The van der Waals surface area contributed by atoms with Crippen LogP contribution in [0.1, 0.15) is 59.4 Å². The first-order chi connectivity index (χ1) is 29.7. The summed E-state index contributed by atoms with van der Waals surface area (Å²) in [5.74, 6) is -0.371. The lowest BCUT2D eigenvalue weighted by atomic mass is 9.60. The highest BCUT2D eigenvalue weighted by molar-refractivity contribution is 6.28. The fourth-order valence-electron chi connectivity index (χ4n) is 12.7. The second kappa shape index (κ2) is 12.8. The molecule has 296 valence electrons. The van der Waals surface area contributed by atoms with Crippen molar-refractivity contribution in [3.8, 4) is 44.5 Å². The van der Waals surface area contributed by atoms with Gasteiger partial charge in [0.2, 0.25) is 0 Å². The maximum absolute atomic E-state index is 14.5. The van der Waals surface area contributed by atoms with Crippen LogP contribution in [-0.4, -0.2) is 0 Å². The molecule has 2 heteroatoms. The van der Waals surface area contributed by atoms with Crippen molar-refractivity contribution in [2.24, 2.45) is 16.7 Å². The van der Waals surface area contributed by atoms with Crippen molar-refractivity contribution >= 4 is 27.1 Å². The van der Waals surface area contributed by atoms with Crippen LogP contribution in [0.2, 0.25) is 0 Å². The minimum atomic E-state index is -0.258. The van der Waals surface area contributed by atoms with Crippen LogP contribution in [0.5, 0.6) is 0 Å². The molecule has 0 amide bonds. The first kappa shape index (κ1) is 36.5. The molecule has 0 bridgehead atoms. The van der Waals surface area contributed by atoms with E-state index < -0.39 is 0 Å². The summed E-state index contributed by atoms with van der Waals surface area (Å²) in [7, 11) is 0. The van der Waals surface area contributed by atoms with Gasteiger partial charge >= 0.3 is 0 Å². The monoisotopic (exact) mass is 792 g/mol. The minimum absolute atomic E-state index is 0.00632. The molecule has 0 N–H and O–H groups in total. The quantitative estimate of drug-likeness (QED) is 0.163. The molecule has 6 aliphatic rings. The Bertz CT molecular complexity index is 3160. The highest BCUT2D eigenvalue weighted by Gasteiger charge is 2.56. The summed E-state index contributed by atoms with van der Waals surface area (Å²) in [6, 6.07) is 33.9. The van der Waals surface area contributed by atoms with E-state index in [1.807, 2.05) is 24.3 Å². The molecule has 61 heavy (non-hydrogen) atoms. The van der Waals surface area contributed by atoms with Crippen LogP contribution < -0.4 is 0 Å². The zero-order chi connectivity index (χ0) is 41.5. The van der Waals surface area contributed by atoms with Crippen LogP contribution >= 0.6 is 0 Å². The number of hydrogen-bond donors (Lipinski definition) is 0. The van der Waals surface area contributed by atoms with E-state index >= 15 is 0 Å². The molecule has 3 atom stereocenters. The van der Waals surface area contributed by atoms with Gasteiger partial charge in [-0.2, -0.15) is 0 Å². The summed E-state index contributed by atoms with van der Waals surface area (Å²) in [5, 5.41) is 4.63. The average Bonchev–Trinajstić information content (AvgIpc) is 3.73. The summed E-state index contributed by atoms with van der Waals surface area (Å²) in [6.45, 7) is 12.0. The maximum Gasteiger partial charge on any atom is 0.123 e. The highest BCUT2D eigenvalue weighted by atomic mass is 19.1. The summed E-state index contributed by atoms with van der Waals surface area (Å²) >= 11 is 0. The van der Waals surface area contributed by atoms with Crippen LogP contribution in [0, 0.1) is 28.4 Å². The first-order valence-corrected chi connectivity index (χ1v) is 22.0. The second-order valence-electron chi connectivity index (χ2n) is 18.3. The van der Waals surface area contributed by atoms with E-state index in [1.165, 1.54) is 72.0 Å². The van der Waals surface area contributed by atoms with Gasteiger partial charge in [0, 0.05) is 16.7 Å². The van der Waals surface area contributed by atoms with Gasteiger partial charge in [-0.05, 0) is 161 Å². The third-order valence-electron chi connectivity index (χ3n) is 15.3. The van der Waals surface area contributed by atoms with Gasteiger partial charge in [0.1, 0.15) is 11.6 Å². The molecule has 0 nitrogen and oxygen atoms in total. The number of halogens is 2. The average molecular weight is 793 g/mol. The van der Waals surface area contributed by atoms with Crippen LogP contribution in [0.4, 0.5) is 8.78 Å². The van der Waals surface area contributed by atoms with Gasteiger partial charge in [-0.15, -0.1) is 0 Å². The summed E-state index contributed by atoms with van der Waals surface area (Å²) in [6.07, 6.45) is 20.1. The molecule has 1 fully saturated rings.